The van der Waals surface area contributed by atoms with Crippen molar-refractivity contribution in [2.24, 2.45) is 17.1 Å². The molecule has 1 aliphatic heterocycles. The van der Waals surface area contributed by atoms with Gasteiger partial charge in [-0.3, -0.25) is 0 Å². The molecule has 5 N–H and O–H groups in total. The van der Waals surface area contributed by atoms with E-state index in [9.17, 15) is 5.11 Å². The lowest BCUT2D eigenvalue weighted by Gasteiger charge is -2.43. The summed E-state index contributed by atoms with van der Waals surface area (Å²) < 4.78 is 0. The Bertz CT molecular complexity index is 961. The van der Waals surface area contributed by atoms with Crippen LogP contribution in [0.3, 0.4) is 0 Å². The highest BCUT2D eigenvalue weighted by molar-refractivity contribution is 6.45. The van der Waals surface area contributed by atoms with Crippen LogP contribution in [0.1, 0.15) is 44.0 Å². The van der Waals surface area contributed by atoms with Gasteiger partial charge in [-0.15, -0.1) is 0 Å². The molecule has 0 amide bonds. The first-order valence-electron chi connectivity index (χ1n) is 10.4. The van der Waals surface area contributed by atoms with E-state index in [-0.39, 0.29) is 33.9 Å². The number of nitrogens with two attached hydrogens (primary N) is 2. The highest BCUT2D eigenvalue weighted by atomic mass is 35.5. The molecule has 3 heterocycles. The molecule has 2 aliphatic rings. The van der Waals surface area contributed by atoms with Crippen LogP contribution in [0.2, 0.25) is 10.0 Å². The third-order valence-corrected chi connectivity index (χ3v) is 7.86. The Hall–Kier alpha value is -1.67. The zero-order chi connectivity index (χ0) is 21.6. The smallest absolute Gasteiger partial charge is 0.153 e. The zero-order valence-electron chi connectivity index (χ0n) is 17.3. The van der Waals surface area contributed by atoms with E-state index in [0.717, 1.165) is 31.7 Å². The first-order chi connectivity index (χ1) is 14.3. The minimum Gasteiger partial charge on any atom is -0.390 e. The van der Waals surface area contributed by atoms with Crippen LogP contribution < -0.4 is 16.4 Å². The number of pyridine rings is 1. The third-order valence-electron chi connectivity index (χ3n) is 6.99. The Morgan fingerprint density at radius 1 is 1.20 bits per heavy atom. The third kappa shape index (κ3) is 3.51. The molecule has 2 aromatic rings. The second kappa shape index (κ2) is 8.11. The van der Waals surface area contributed by atoms with Gasteiger partial charge in [0.05, 0.1) is 23.0 Å². The molecule has 2 fully saturated rings. The molecule has 7 nitrogen and oxygen atoms in total. The minimum absolute atomic E-state index is 0.164. The Morgan fingerprint density at radius 2 is 1.90 bits per heavy atom. The summed E-state index contributed by atoms with van der Waals surface area (Å²) in [5, 5.41) is 10.5. The van der Waals surface area contributed by atoms with Gasteiger partial charge in [-0.05, 0) is 43.9 Å². The monoisotopic (exact) mass is 450 g/mol. The van der Waals surface area contributed by atoms with Gasteiger partial charge in [-0.1, -0.05) is 30.1 Å². The maximum absolute atomic E-state index is 10.0. The predicted molar refractivity (Wildman–Crippen MR) is 121 cm³/mol. The van der Waals surface area contributed by atoms with Crippen molar-refractivity contribution in [1.82, 2.24) is 15.0 Å². The van der Waals surface area contributed by atoms with Crippen molar-refractivity contribution < 1.29 is 5.11 Å². The number of hydrogen-bond donors (Lipinski definition) is 3. The van der Waals surface area contributed by atoms with Crippen molar-refractivity contribution in [2.75, 3.05) is 23.7 Å². The summed E-state index contributed by atoms with van der Waals surface area (Å²) in [5.74, 6) is 1.46. The quantitative estimate of drug-likeness (QED) is 0.654. The van der Waals surface area contributed by atoms with E-state index in [1.165, 1.54) is 19.0 Å². The normalized spacial score (nSPS) is 23.3. The molecule has 30 heavy (non-hydrogen) atoms. The van der Waals surface area contributed by atoms with E-state index < -0.39 is 0 Å². The van der Waals surface area contributed by atoms with Gasteiger partial charge in [-0.25, -0.2) is 15.0 Å². The molecule has 2 atom stereocenters. The first-order valence-corrected chi connectivity index (χ1v) is 11.1. The molecule has 1 unspecified atom stereocenters. The average Bonchev–Trinajstić information content (AvgIpc) is 3.01. The number of aliphatic hydroxyl groups is 1. The van der Waals surface area contributed by atoms with Crippen molar-refractivity contribution in [1.29, 1.82) is 0 Å². The van der Waals surface area contributed by atoms with E-state index in [2.05, 4.69) is 21.8 Å². The summed E-state index contributed by atoms with van der Waals surface area (Å²) in [5.41, 5.74) is 14.8. The molecule has 1 aliphatic carbocycles. The van der Waals surface area contributed by atoms with Gasteiger partial charge in [-0.2, -0.15) is 0 Å². The van der Waals surface area contributed by atoms with Crippen molar-refractivity contribution in [3.8, 4) is 11.3 Å². The SMILES string of the molecule is Cc1nc(N2CCC3(CCC(C)[C@H]3N)CC2)c(CO)nc1-c1cnc(N)c(Cl)c1Cl. The molecule has 1 saturated carbocycles. The fraction of sp³-hybridized carbons (Fsp3) is 0.571. The van der Waals surface area contributed by atoms with E-state index in [1.807, 2.05) is 6.92 Å². The van der Waals surface area contributed by atoms with Crippen LogP contribution in [0.4, 0.5) is 11.6 Å². The lowest BCUT2D eigenvalue weighted by Crippen LogP contribution is -2.48. The summed E-state index contributed by atoms with van der Waals surface area (Å²) in [4.78, 5) is 15.8. The summed E-state index contributed by atoms with van der Waals surface area (Å²) in [7, 11) is 0. The Morgan fingerprint density at radius 3 is 2.50 bits per heavy atom. The van der Waals surface area contributed by atoms with Crippen molar-refractivity contribution >= 4 is 34.8 Å². The van der Waals surface area contributed by atoms with Crippen LogP contribution in [-0.2, 0) is 6.61 Å². The van der Waals surface area contributed by atoms with Gasteiger partial charge < -0.3 is 21.5 Å². The van der Waals surface area contributed by atoms with Crippen molar-refractivity contribution in [3.63, 3.8) is 0 Å². The van der Waals surface area contributed by atoms with Gasteiger partial charge >= 0.3 is 0 Å². The zero-order valence-corrected chi connectivity index (χ0v) is 18.8. The molecule has 162 valence electrons. The van der Waals surface area contributed by atoms with Crippen molar-refractivity contribution in [3.05, 3.63) is 27.6 Å². The largest absolute Gasteiger partial charge is 0.390 e. The van der Waals surface area contributed by atoms with Crippen LogP contribution in [0.5, 0.6) is 0 Å². The molecule has 0 aromatic carbocycles. The number of hydrogen-bond acceptors (Lipinski definition) is 7. The van der Waals surface area contributed by atoms with E-state index >= 15 is 0 Å². The number of aryl methyl sites for hydroxylation is 1. The Balaban J connectivity index is 1.64. The topological polar surface area (TPSA) is 114 Å². The second-order valence-electron chi connectivity index (χ2n) is 8.66. The predicted octanol–water partition coefficient (Wildman–Crippen LogP) is 3.57. The molecular weight excluding hydrogens is 423 g/mol. The van der Waals surface area contributed by atoms with Crippen LogP contribution in [0.25, 0.3) is 11.3 Å². The molecule has 0 radical (unpaired) electrons. The standard InChI is InChI=1S/C21H28Cl2N6O/c1-11-3-4-21(18(11)24)5-7-29(8-6-21)20-14(10-30)28-17(12(2)27-20)13-9-26-19(25)16(23)15(13)22/h9,11,18,30H,3-8,10,24H2,1-2H3,(H2,25,26)/t11?,18-/m1/s1. The summed E-state index contributed by atoms with van der Waals surface area (Å²) in [6.07, 6.45) is 6.01. The fourth-order valence-corrected chi connectivity index (χ4v) is 5.40. The lowest BCUT2D eigenvalue weighted by molar-refractivity contribution is 0.185. The summed E-state index contributed by atoms with van der Waals surface area (Å²) >= 11 is 12.5. The number of aliphatic hydroxyl groups excluding tert-OH is 1. The fourth-order valence-electron chi connectivity index (χ4n) is 5.01. The van der Waals surface area contributed by atoms with E-state index in [0.29, 0.717) is 28.6 Å². The molecule has 9 heteroatoms. The highest BCUT2D eigenvalue weighted by Gasteiger charge is 2.46. The van der Waals surface area contributed by atoms with Crippen LogP contribution >= 0.6 is 23.2 Å². The van der Waals surface area contributed by atoms with Gasteiger partial charge in [0.25, 0.3) is 0 Å². The van der Waals surface area contributed by atoms with Crippen LogP contribution in [0.15, 0.2) is 6.20 Å². The van der Waals surface area contributed by atoms with Gasteiger partial charge in [0.1, 0.15) is 16.5 Å². The molecule has 1 spiro atoms. The van der Waals surface area contributed by atoms with Crippen molar-refractivity contribution in [2.45, 2.75) is 52.2 Å². The Labute approximate surface area is 186 Å². The second-order valence-corrected chi connectivity index (χ2v) is 9.42. The lowest BCUT2D eigenvalue weighted by atomic mass is 9.73. The van der Waals surface area contributed by atoms with E-state index in [4.69, 9.17) is 39.7 Å². The van der Waals surface area contributed by atoms with Gasteiger partial charge in [0.15, 0.2) is 5.82 Å². The summed E-state index contributed by atoms with van der Waals surface area (Å²) in [6.45, 7) is 5.62. The highest BCUT2D eigenvalue weighted by Crippen LogP contribution is 2.48. The molecule has 0 bridgehead atoms. The van der Waals surface area contributed by atoms with Gasteiger partial charge in [0.2, 0.25) is 0 Å². The summed E-state index contributed by atoms with van der Waals surface area (Å²) in [6, 6.07) is 0.261. The van der Waals surface area contributed by atoms with Crippen LogP contribution in [-0.4, -0.2) is 39.2 Å². The van der Waals surface area contributed by atoms with Gasteiger partial charge in [0, 0.05) is 30.9 Å². The molecule has 4 rings (SSSR count). The number of aromatic nitrogens is 3. The molecule has 1 saturated heterocycles. The maximum Gasteiger partial charge on any atom is 0.153 e. The van der Waals surface area contributed by atoms with E-state index in [1.54, 1.807) is 0 Å². The first kappa shape index (κ1) is 21.6. The maximum atomic E-state index is 10.0. The number of anilines is 2. The number of halogens is 2. The van der Waals surface area contributed by atoms with Crippen LogP contribution in [0, 0.1) is 18.3 Å². The minimum atomic E-state index is -0.221. The number of rotatable bonds is 3. The molecule has 2 aromatic heterocycles. The Kier molecular flexibility index (Phi) is 5.83. The molecular formula is C21H28Cl2N6O. The average molecular weight is 451 g/mol. The number of nitrogens with zero attached hydrogens (tertiary/aromatic N) is 4. The number of nitrogen functional groups attached to an aromatic ring is 1. The number of piperidine rings is 1.